The number of rotatable bonds is 39. The van der Waals surface area contributed by atoms with Crippen LogP contribution in [0, 0.1) is 0 Å². The van der Waals surface area contributed by atoms with E-state index in [0.717, 1.165) is 15.4 Å². The first-order valence-electron chi connectivity index (χ1n) is 21.5. The van der Waals surface area contributed by atoms with Crippen molar-refractivity contribution in [1.29, 1.82) is 0 Å². The lowest BCUT2D eigenvalue weighted by atomic mass is 10.1. The SMILES string of the molecule is CCc1cc(OCC(=O)NCCOCCC(=O)N(CC(=O)NCCOC)CC(=O)NCCOC)cc(OCC(=O)NCCOCCC(=O)N(CC(=O)NCCOC)CC(=O)NCCOC)c1. The molecule has 0 aliphatic rings. The number of nitrogens with zero attached hydrogens (tertiary/aromatic N) is 2. The van der Waals surface area contributed by atoms with Gasteiger partial charge in [0.15, 0.2) is 13.2 Å². The summed E-state index contributed by atoms with van der Waals surface area (Å²) in [6, 6.07) is 5.03. The number of carbonyl (C=O) groups is 8. The maximum atomic E-state index is 12.9. The van der Waals surface area contributed by atoms with Gasteiger partial charge in [0, 0.05) is 73.8 Å². The maximum Gasteiger partial charge on any atom is 0.258 e. The van der Waals surface area contributed by atoms with Crippen LogP contribution in [-0.2, 0) is 73.2 Å². The fourth-order valence-corrected chi connectivity index (χ4v) is 5.32. The van der Waals surface area contributed by atoms with Gasteiger partial charge in [-0.25, -0.2) is 0 Å². The molecule has 6 N–H and O–H groups in total. The number of carbonyl (C=O) groups excluding carboxylic acids is 8. The number of hydrogen-bond donors (Lipinski definition) is 6. The van der Waals surface area contributed by atoms with Gasteiger partial charge in [0.25, 0.3) is 11.8 Å². The van der Waals surface area contributed by atoms with Gasteiger partial charge in [-0.3, -0.25) is 38.4 Å². The zero-order valence-electron chi connectivity index (χ0n) is 38.9. The summed E-state index contributed by atoms with van der Waals surface area (Å²) in [5, 5.41) is 15.8. The standard InChI is InChI=1S/C42H70N8O16/c1-6-32-23-33(65-30-39(55)47-13-21-63-15-7-41(57)49(26-35(51)43-9-17-59-2)27-36(52)44-10-18-60-3)25-34(24-32)66-31-40(56)48-14-22-64-16-8-42(58)50(28-37(53)45-11-19-61-4)29-38(54)46-12-20-62-5/h23-25H,6-22,26-31H2,1-5H3,(H,43,51)(H,44,52)(H,45,53)(H,46,54)(H,47,55)(H,48,56). The Hall–Kier alpha value is -5.66. The Labute approximate surface area is 386 Å². The van der Waals surface area contributed by atoms with E-state index in [-0.39, 0.29) is 118 Å². The zero-order valence-corrected chi connectivity index (χ0v) is 38.9. The molecule has 0 fully saturated rings. The van der Waals surface area contributed by atoms with E-state index in [1.54, 1.807) is 18.2 Å². The van der Waals surface area contributed by atoms with E-state index in [4.69, 9.17) is 37.9 Å². The molecule has 8 amide bonds. The molecule has 0 spiro atoms. The number of aryl methyl sites for hydroxylation is 1. The van der Waals surface area contributed by atoms with Crippen molar-refractivity contribution in [2.45, 2.75) is 26.2 Å². The van der Waals surface area contributed by atoms with E-state index in [9.17, 15) is 38.4 Å². The van der Waals surface area contributed by atoms with Crippen LogP contribution >= 0.6 is 0 Å². The van der Waals surface area contributed by atoms with E-state index >= 15 is 0 Å². The van der Waals surface area contributed by atoms with Crippen LogP contribution in [-0.4, -0.2) is 217 Å². The van der Waals surface area contributed by atoms with E-state index in [2.05, 4.69) is 31.9 Å². The van der Waals surface area contributed by atoms with Crippen molar-refractivity contribution in [3.63, 3.8) is 0 Å². The summed E-state index contributed by atoms with van der Waals surface area (Å²) in [6.07, 6.45) is 0.409. The van der Waals surface area contributed by atoms with Gasteiger partial charge in [0.05, 0.1) is 65.7 Å². The molecule has 0 unspecified atom stereocenters. The molecule has 0 aliphatic heterocycles. The summed E-state index contributed by atoms with van der Waals surface area (Å²) in [7, 11) is 5.96. The highest BCUT2D eigenvalue weighted by Crippen LogP contribution is 2.23. The first-order valence-corrected chi connectivity index (χ1v) is 21.5. The molecule has 66 heavy (non-hydrogen) atoms. The Morgan fingerprint density at radius 2 is 0.727 bits per heavy atom. The third kappa shape index (κ3) is 29.7. The van der Waals surface area contributed by atoms with Gasteiger partial charge >= 0.3 is 0 Å². The topological polar surface area (TPSA) is 289 Å². The van der Waals surface area contributed by atoms with E-state index < -0.39 is 47.3 Å². The van der Waals surface area contributed by atoms with Crippen molar-refractivity contribution < 1.29 is 76.3 Å². The van der Waals surface area contributed by atoms with Crippen LogP contribution < -0.4 is 41.4 Å². The largest absolute Gasteiger partial charge is 0.484 e. The molecule has 1 rings (SSSR count). The highest BCUT2D eigenvalue weighted by atomic mass is 16.5. The summed E-state index contributed by atoms with van der Waals surface area (Å²) < 4.78 is 42.0. The highest BCUT2D eigenvalue weighted by molar-refractivity contribution is 5.90. The smallest absolute Gasteiger partial charge is 0.258 e. The highest BCUT2D eigenvalue weighted by Gasteiger charge is 2.22. The molecule has 0 saturated carbocycles. The normalized spacial score (nSPS) is 10.6. The molecule has 0 heterocycles. The molecular formula is C42H70N8O16. The van der Waals surface area contributed by atoms with Crippen molar-refractivity contribution in [3.8, 4) is 11.5 Å². The second kappa shape index (κ2) is 37.5. The number of methoxy groups -OCH3 is 4. The quantitative estimate of drug-likeness (QED) is 0.0354. The van der Waals surface area contributed by atoms with E-state index in [1.165, 1.54) is 28.4 Å². The summed E-state index contributed by atoms with van der Waals surface area (Å²) >= 11 is 0. The molecule has 24 nitrogen and oxygen atoms in total. The van der Waals surface area contributed by atoms with Crippen molar-refractivity contribution in [3.05, 3.63) is 23.8 Å². The first kappa shape index (κ1) is 58.4. The summed E-state index contributed by atoms with van der Waals surface area (Å²) in [5.41, 5.74) is 0.836. The third-order valence-corrected chi connectivity index (χ3v) is 8.70. The minimum Gasteiger partial charge on any atom is -0.484 e. The second-order valence-electron chi connectivity index (χ2n) is 14.0. The number of nitrogens with one attached hydrogen (secondary N) is 6. The van der Waals surface area contributed by atoms with Gasteiger partial charge in [-0.15, -0.1) is 0 Å². The Morgan fingerprint density at radius 1 is 0.424 bits per heavy atom. The van der Waals surface area contributed by atoms with Crippen molar-refractivity contribution >= 4 is 47.3 Å². The summed E-state index contributed by atoms with van der Waals surface area (Å²) in [4.78, 5) is 102. The van der Waals surface area contributed by atoms with Crippen LogP contribution in [0.15, 0.2) is 18.2 Å². The average molecular weight is 943 g/mol. The zero-order chi connectivity index (χ0) is 48.8. The Bertz CT molecular complexity index is 1460. The summed E-state index contributed by atoms with van der Waals surface area (Å²) in [5.74, 6) is -2.90. The van der Waals surface area contributed by atoms with Gasteiger partial charge in [-0.2, -0.15) is 0 Å². The number of hydrogen-bond acceptors (Lipinski definition) is 16. The van der Waals surface area contributed by atoms with Gasteiger partial charge in [-0.1, -0.05) is 6.92 Å². The number of benzene rings is 1. The second-order valence-corrected chi connectivity index (χ2v) is 14.0. The molecule has 1 aromatic rings. The van der Waals surface area contributed by atoms with Crippen molar-refractivity contribution in [2.24, 2.45) is 0 Å². The van der Waals surface area contributed by atoms with Crippen molar-refractivity contribution in [2.75, 3.05) is 160 Å². The molecule has 0 saturated heterocycles. The van der Waals surface area contributed by atoms with Gasteiger partial charge in [0.1, 0.15) is 37.7 Å². The number of ether oxygens (including phenoxy) is 8. The maximum absolute atomic E-state index is 12.9. The van der Waals surface area contributed by atoms with Crippen molar-refractivity contribution in [1.82, 2.24) is 41.7 Å². The van der Waals surface area contributed by atoms with Crippen LogP contribution in [0.3, 0.4) is 0 Å². The molecule has 0 aromatic heterocycles. The van der Waals surface area contributed by atoms with Crippen LogP contribution in [0.5, 0.6) is 11.5 Å². The minimum absolute atomic E-state index is 0.0160. The lowest BCUT2D eigenvalue weighted by molar-refractivity contribution is -0.140. The minimum atomic E-state index is -0.468. The van der Waals surface area contributed by atoms with Gasteiger partial charge < -0.3 is 79.6 Å². The van der Waals surface area contributed by atoms with E-state index in [1.807, 2.05) is 6.92 Å². The van der Waals surface area contributed by atoms with Crippen LogP contribution in [0.25, 0.3) is 0 Å². The third-order valence-electron chi connectivity index (χ3n) is 8.70. The average Bonchev–Trinajstić information content (AvgIpc) is 3.29. The molecule has 0 bridgehead atoms. The first-order chi connectivity index (χ1) is 31.8. The monoisotopic (exact) mass is 942 g/mol. The molecule has 1 aromatic carbocycles. The molecular weight excluding hydrogens is 873 g/mol. The lowest BCUT2D eigenvalue weighted by Crippen LogP contribution is -2.46. The Morgan fingerprint density at radius 3 is 1.03 bits per heavy atom. The van der Waals surface area contributed by atoms with Crippen LogP contribution in [0.1, 0.15) is 25.3 Å². The fourth-order valence-electron chi connectivity index (χ4n) is 5.32. The van der Waals surface area contributed by atoms with E-state index in [0.29, 0.717) is 44.3 Å². The molecule has 0 radical (unpaired) electrons. The lowest BCUT2D eigenvalue weighted by Gasteiger charge is -2.22. The molecule has 0 atom stereocenters. The fraction of sp³-hybridized carbons (Fsp3) is 0.667. The summed E-state index contributed by atoms with van der Waals surface area (Å²) in [6.45, 7) is 2.51. The van der Waals surface area contributed by atoms with Gasteiger partial charge in [-0.05, 0) is 24.1 Å². The van der Waals surface area contributed by atoms with Gasteiger partial charge in [0.2, 0.25) is 35.4 Å². The molecule has 0 aliphatic carbocycles. The molecule has 24 heteroatoms. The predicted molar refractivity (Wildman–Crippen MR) is 236 cm³/mol. The molecule has 374 valence electrons. The Kier molecular flexibility index (Phi) is 33.2. The number of amides is 8. The predicted octanol–water partition coefficient (Wildman–Crippen LogP) is -3.24. The van der Waals surface area contributed by atoms with Crippen LogP contribution in [0.2, 0.25) is 0 Å². The van der Waals surface area contributed by atoms with Crippen LogP contribution in [0.4, 0.5) is 0 Å². The Balaban J connectivity index is 2.47.